The maximum absolute atomic E-state index is 3.15. The van der Waals surface area contributed by atoms with Gasteiger partial charge in [0.25, 0.3) is 0 Å². The third-order valence-electron chi connectivity index (χ3n) is 1.57. The van der Waals surface area contributed by atoms with E-state index < -0.39 is 0 Å². The van der Waals surface area contributed by atoms with Crippen LogP contribution in [0.15, 0.2) is 42.5 Å². The van der Waals surface area contributed by atoms with E-state index in [4.69, 9.17) is 0 Å². The second kappa shape index (κ2) is 4.10. The molecule has 2 rings (SSSR count). The summed E-state index contributed by atoms with van der Waals surface area (Å²) in [6, 6.07) is 17.4. The quantitative estimate of drug-likeness (QED) is 0.527. The monoisotopic (exact) mass is 169 g/mol. The van der Waals surface area contributed by atoms with E-state index in [0.29, 0.717) is 0 Å². The molecule has 0 spiro atoms. The first-order valence-electron chi connectivity index (χ1n) is 3.32. The van der Waals surface area contributed by atoms with Crippen molar-refractivity contribution in [2.24, 2.45) is 0 Å². The molecule has 0 N–H and O–H groups in total. The van der Waals surface area contributed by atoms with Crippen LogP contribution in [0.1, 0.15) is 0 Å². The third kappa shape index (κ3) is 1.96. The molecule has 0 fully saturated rings. The molecule has 0 amide bonds. The minimum Gasteiger partial charge on any atom is -0.0616 e. The van der Waals surface area contributed by atoms with Gasteiger partial charge in [-0.15, -0.1) is 0 Å². The fourth-order valence-electron chi connectivity index (χ4n) is 1.06. The summed E-state index contributed by atoms with van der Waals surface area (Å²) >= 11 is 0. The molecule has 0 aromatic heterocycles. The summed E-state index contributed by atoms with van der Waals surface area (Å²) in [6.07, 6.45) is 0. The van der Waals surface area contributed by atoms with E-state index >= 15 is 0 Å². The SMILES string of the molecule is [CaH2].[c]1cccc2ccccc12. The van der Waals surface area contributed by atoms with Gasteiger partial charge >= 0.3 is 37.7 Å². The van der Waals surface area contributed by atoms with Gasteiger partial charge in [-0.25, -0.2) is 0 Å². The van der Waals surface area contributed by atoms with Crippen LogP contribution < -0.4 is 0 Å². The molecule has 11 heavy (non-hydrogen) atoms. The fraction of sp³-hybridized carbons (Fsp3) is 0. The summed E-state index contributed by atoms with van der Waals surface area (Å²) in [4.78, 5) is 0. The van der Waals surface area contributed by atoms with E-state index in [1.165, 1.54) is 10.8 Å². The fourth-order valence-corrected chi connectivity index (χ4v) is 1.06. The van der Waals surface area contributed by atoms with Crippen LogP contribution in [0.3, 0.4) is 0 Å². The van der Waals surface area contributed by atoms with Crippen LogP contribution in [0.4, 0.5) is 0 Å². The molecule has 2 aromatic rings. The van der Waals surface area contributed by atoms with Crippen LogP contribution in [0.2, 0.25) is 0 Å². The van der Waals surface area contributed by atoms with Gasteiger partial charge in [0.15, 0.2) is 0 Å². The molecule has 1 radical (unpaired) electrons. The molecule has 0 unspecified atom stereocenters. The van der Waals surface area contributed by atoms with Gasteiger partial charge in [-0.05, 0) is 16.8 Å². The third-order valence-corrected chi connectivity index (χ3v) is 1.57. The number of hydrogen-bond donors (Lipinski definition) is 0. The minimum absolute atomic E-state index is 0. The summed E-state index contributed by atoms with van der Waals surface area (Å²) in [7, 11) is 0. The standard InChI is InChI=1S/C10H7.Ca.2H/c1-2-6-10-8-4-3-7-9(10)5-1;;;/h1-7H;;;. The van der Waals surface area contributed by atoms with Crippen LogP contribution in [0.25, 0.3) is 10.8 Å². The van der Waals surface area contributed by atoms with Crippen molar-refractivity contribution in [1.29, 1.82) is 0 Å². The Morgan fingerprint density at radius 2 is 1.64 bits per heavy atom. The topological polar surface area (TPSA) is 0 Å². The second-order valence-corrected chi connectivity index (χ2v) is 2.26. The number of rotatable bonds is 0. The summed E-state index contributed by atoms with van der Waals surface area (Å²) in [5.41, 5.74) is 0. The molecule has 0 aliphatic heterocycles. The zero-order valence-corrected chi connectivity index (χ0v) is 5.54. The van der Waals surface area contributed by atoms with E-state index in [1.54, 1.807) is 0 Å². The predicted molar refractivity (Wildman–Crippen MR) is 51.3 cm³/mol. The Balaban J connectivity index is 0.000000605. The van der Waals surface area contributed by atoms with Crippen LogP contribution in [-0.4, -0.2) is 37.7 Å². The van der Waals surface area contributed by atoms with Gasteiger partial charge in [0, 0.05) is 0 Å². The van der Waals surface area contributed by atoms with Gasteiger partial charge in [0.2, 0.25) is 0 Å². The van der Waals surface area contributed by atoms with Crippen molar-refractivity contribution in [1.82, 2.24) is 0 Å². The normalized spacial score (nSPS) is 9.09. The van der Waals surface area contributed by atoms with E-state index in [0.717, 1.165) is 0 Å². The largest absolute Gasteiger partial charge is 0.0616 e. The first-order valence-corrected chi connectivity index (χ1v) is 3.32. The van der Waals surface area contributed by atoms with Crippen molar-refractivity contribution in [3.63, 3.8) is 0 Å². The average Bonchev–Trinajstić information content (AvgIpc) is 2.05. The van der Waals surface area contributed by atoms with Crippen LogP contribution in [0, 0.1) is 6.07 Å². The summed E-state index contributed by atoms with van der Waals surface area (Å²) < 4.78 is 0. The van der Waals surface area contributed by atoms with Crippen LogP contribution in [0.5, 0.6) is 0 Å². The van der Waals surface area contributed by atoms with E-state index in [1.807, 2.05) is 24.3 Å². The molecule has 0 nitrogen and oxygen atoms in total. The molecule has 2 aromatic carbocycles. The molecule has 51 valence electrons. The molecule has 0 aliphatic rings. The summed E-state index contributed by atoms with van der Waals surface area (Å²) in [6.45, 7) is 0. The molecular weight excluding hydrogens is 160 g/mol. The molecule has 0 atom stereocenters. The van der Waals surface area contributed by atoms with E-state index in [9.17, 15) is 0 Å². The molecule has 0 aliphatic carbocycles. The molecular formula is C10H9Ca. The molecule has 0 heterocycles. The van der Waals surface area contributed by atoms with Crippen LogP contribution >= 0.6 is 0 Å². The molecule has 1 heteroatoms. The van der Waals surface area contributed by atoms with Crippen molar-refractivity contribution in [2.75, 3.05) is 0 Å². The second-order valence-electron chi connectivity index (χ2n) is 2.26. The molecule has 0 saturated heterocycles. The smallest absolute Gasteiger partial charge is 0.00992 e. The maximum Gasteiger partial charge on any atom is -0.00992 e. The first-order chi connectivity index (χ1) is 4.97. The Bertz CT molecular complexity index is 276. The van der Waals surface area contributed by atoms with Crippen molar-refractivity contribution in [3.05, 3.63) is 48.5 Å². The Hall–Kier alpha value is -0.0403. The Morgan fingerprint density at radius 3 is 2.45 bits per heavy atom. The van der Waals surface area contributed by atoms with Crippen molar-refractivity contribution >= 4 is 48.5 Å². The number of benzene rings is 2. The summed E-state index contributed by atoms with van der Waals surface area (Å²) in [5.74, 6) is 0. The zero-order chi connectivity index (χ0) is 6.81. The van der Waals surface area contributed by atoms with Gasteiger partial charge in [-0.1, -0.05) is 42.5 Å². The first kappa shape index (κ1) is 9.05. The van der Waals surface area contributed by atoms with Crippen molar-refractivity contribution in [2.45, 2.75) is 0 Å². The van der Waals surface area contributed by atoms with Gasteiger partial charge in [0.05, 0.1) is 0 Å². The minimum atomic E-state index is 0. The summed E-state index contributed by atoms with van der Waals surface area (Å²) in [5, 5.41) is 2.44. The van der Waals surface area contributed by atoms with Gasteiger partial charge in [0.1, 0.15) is 0 Å². The number of fused-ring (bicyclic) bond motifs is 1. The predicted octanol–water partition coefficient (Wildman–Crippen LogP) is 1.72. The van der Waals surface area contributed by atoms with Gasteiger partial charge in [-0.2, -0.15) is 0 Å². The van der Waals surface area contributed by atoms with E-state index in [2.05, 4.69) is 24.3 Å². The number of hydrogen-bond acceptors (Lipinski definition) is 0. The van der Waals surface area contributed by atoms with Crippen molar-refractivity contribution < 1.29 is 0 Å². The van der Waals surface area contributed by atoms with E-state index in [-0.39, 0.29) is 37.7 Å². The van der Waals surface area contributed by atoms with Crippen LogP contribution in [-0.2, 0) is 0 Å². The van der Waals surface area contributed by atoms with Gasteiger partial charge in [-0.3, -0.25) is 0 Å². The Morgan fingerprint density at radius 1 is 0.909 bits per heavy atom. The molecule has 0 saturated carbocycles. The molecule has 0 bridgehead atoms. The Labute approximate surface area is 96.2 Å². The van der Waals surface area contributed by atoms with Gasteiger partial charge < -0.3 is 0 Å². The maximum atomic E-state index is 3.15. The zero-order valence-electron chi connectivity index (χ0n) is 5.54. The Kier molecular flexibility index (Phi) is 3.38. The average molecular weight is 169 g/mol. The van der Waals surface area contributed by atoms with Crippen molar-refractivity contribution in [3.8, 4) is 0 Å².